The zero-order chi connectivity index (χ0) is 14.4. The van der Waals surface area contributed by atoms with Crippen LogP contribution >= 0.6 is 11.6 Å². The highest BCUT2D eigenvalue weighted by atomic mass is 35.5. The Hall–Kier alpha value is -1.42. The number of amides is 1. The number of benzene rings is 1. The van der Waals surface area contributed by atoms with Gasteiger partial charge in [-0.25, -0.2) is 0 Å². The van der Waals surface area contributed by atoms with E-state index in [2.05, 4.69) is 13.8 Å². The van der Waals surface area contributed by atoms with Crippen LogP contribution in [0.5, 0.6) is 11.5 Å². The molecule has 5 heteroatoms. The third-order valence-electron chi connectivity index (χ3n) is 2.64. The van der Waals surface area contributed by atoms with E-state index in [1.807, 2.05) is 6.07 Å². The highest BCUT2D eigenvalue weighted by molar-refractivity contribution is 6.29. The Labute approximate surface area is 119 Å². The second-order valence-electron chi connectivity index (χ2n) is 4.57. The van der Waals surface area contributed by atoms with Crippen LogP contribution in [0.25, 0.3) is 0 Å². The van der Waals surface area contributed by atoms with Crippen molar-refractivity contribution in [3.05, 3.63) is 18.2 Å². The molecule has 0 fully saturated rings. The monoisotopic (exact) mass is 285 g/mol. The van der Waals surface area contributed by atoms with Crippen LogP contribution in [0.4, 0.5) is 5.69 Å². The van der Waals surface area contributed by atoms with Gasteiger partial charge in [0.2, 0.25) is 5.91 Å². The van der Waals surface area contributed by atoms with Crippen molar-refractivity contribution < 1.29 is 14.3 Å². The summed E-state index contributed by atoms with van der Waals surface area (Å²) in [5.41, 5.74) is 0.761. The van der Waals surface area contributed by atoms with Crippen LogP contribution in [-0.4, -0.2) is 32.6 Å². The van der Waals surface area contributed by atoms with Crippen molar-refractivity contribution in [2.24, 2.45) is 5.92 Å². The number of halogens is 1. The first-order valence-electron chi connectivity index (χ1n) is 6.11. The van der Waals surface area contributed by atoms with Gasteiger partial charge in [-0.2, -0.15) is 0 Å². The molecule has 0 aliphatic rings. The van der Waals surface area contributed by atoms with E-state index in [1.54, 1.807) is 31.3 Å². The lowest BCUT2D eigenvalue weighted by molar-refractivity contribution is -0.116. The van der Waals surface area contributed by atoms with E-state index >= 15 is 0 Å². The second kappa shape index (κ2) is 7.24. The lowest BCUT2D eigenvalue weighted by Crippen LogP contribution is -2.35. The Bertz CT molecular complexity index is 435. The number of alkyl halides is 1. The van der Waals surface area contributed by atoms with Gasteiger partial charge < -0.3 is 14.4 Å². The molecule has 19 heavy (non-hydrogen) atoms. The second-order valence-corrected chi connectivity index (χ2v) is 4.84. The van der Waals surface area contributed by atoms with Crippen molar-refractivity contribution in [1.29, 1.82) is 0 Å². The maximum absolute atomic E-state index is 11.9. The van der Waals surface area contributed by atoms with Gasteiger partial charge in [-0.05, 0) is 18.1 Å². The van der Waals surface area contributed by atoms with Gasteiger partial charge in [-0.15, -0.1) is 11.6 Å². The van der Waals surface area contributed by atoms with Crippen LogP contribution in [0.15, 0.2) is 18.2 Å². The third-order valence-corrected chi connectivity index (χ3v) is 2.87. The molecule has 106 valence electrons. The quantitative estimate of drug-likeness (QED) is 0.755. The van der Waals surface area contributed by atoms with Gasteiger partial charge in [-0.3, -0.25) is 4.79 Å². The van der Waals surface area contributed by atoms with Gasteiger partial charge in [0.05, 0.1) is 14.2 Å². The van der Waals surface area contributed by atoms with Crippen molar-refractivity contribution in [3.63, 3.8) is 0 Å². The molecule has 0 aliphatic heterocycles. The molecule has 0 aliphatic carbocycles. The lowest BCUT2D eigenvalue weighted by Gasteiger charge is -2.24. The maximum Gasteiger partial charge on any atom is 0.241 e. The lowest BCUT2D eigenvalue weighted by atomic mass is 10.1. The number of anilines is 1. The summed E-state index contributed by atoms with van der Waals surface area (Å²) in [6.45, 7) is 4.71. The minimum absolute atomic E-state index is 0.0406. The van der Waals surface area contributed by atoms with E-state index in [4.69, 9.17) is 21.1 Å². The molecule has 4 nitrogen and oxygen atoms in total. The number of hydrogen-bond donors (Lipinski definition) is 0. The van der Waals surface area contributed by atoms with Crippen molar-refractivity contribution in [2.45, 2.75) is 13.8 Å². The molecule has 0 N–H and O–H groups in total. The normalized spacial score (nSPS) is 10.4. The van der Waals surface area contributed by atoms with Crippen molar-refractivity contribution in [2.75, 3.05) is 31.5 Å². The molecular formula is C14H20ClNO3. The van der Waals surface area contributed by atoms with Crippen LogP contribution in [0.2, 0.25) is 0 Å². The van der Waals surface area contributed by atoms with E-state index in [0.717, 1.165) is 5.69 Å². The summed E-state index contributed by atoms with van der Waals surface area (Å²) in [5, 5.41) is 0. The molecule has 1 aromatic carbocycles. The third kappa shape index (κ3) is 4.03. The average Bonchev–Trinajstić information content (AvgIpc) is 2.42. The number of ether oxygens (including phenoxy) is 2. The zero-order valence-electron chi connectivity index (χ0n) is 11.8. The van der Waals surface area contributed by atoms with Crippen LogP contribution in [0, 0.1) is 5.92 Å². The van der Waals surface area contributed by atoms with Crippen LogP contribution in [-0.2, 0) is 4.79 Å². The van der Waals surface area contributed by atoms with Gasteiger partial charge in [-0.1, -0.05) is 13.8 Å². The highest BCUT2D eigenvalue weighted by Gasteiger charge is 2.17. The van der Waals surface area contributed by atoms with Gasteiger partial charge in [0.25, 0.3) is 0 Å². The summed E-state index contributed by atoms with van der Waals surface area (Å²) >= 11 is 5.67. The van der Waals surface area contributed by atoms with E-state index in [-0.39, 0.29) is 11.8 Å². The molecule has 0 radical (unpaired) electrons. The first-order valence-corrected chi connectivity index (χ1v) is 6.65. The summed E-state index contributed by atoms with van der Waals surface area (Å²) in [7, 11) is 3.14. The van der Waals surface area contributed by atoms with E-state index in [1.165, 1.54) is 0 Å². The first kappa shape index (κ1) is 15.6. The number of methoxy groups -OCH3 is 2. The molecule has 1 aromatic rings. The Balaban J connectivity index is 3.11. The summed E-state index contributed by atoms with van der Waals surface area (Å²) < 4.78 is 10.4. The minimum Gasteiger partial charge on any atom is -0.493 e. The molecule has 0 aromatic heterocycles. The van der Waals surface area contributed by atoms with Gasteiger partial charge in [0, 0.05) is 18.3 Å². The first-order chi connectivity index (χ1) is 9.03. The Morgan fingerprint density at radius 1 is 1.26 bits per heavy atom. The summed E-state index contributed by atoms with van der Waals surface area (Å²) in [6, 6.07) is 5.39. The maximum atomic E-state index is 11.9. The smallest absolute Gasteiger partial charge is 0.241 e. The van der Waals surface area contributed by atoms with Crippen molar-refractivity contribution in [1.82, 2.24) is 0 Å². The van der Waals surface area contributed by atoms with E-state index in [0.29, 0.717) is 24.0 Å². The standard InChI is InChI=1S/C14H20ClNO3/c1-10(2)9-16(14(17)8-15)11-5-6-12(18-3)13(7-11)19-4/h5-7,10H,8-9H2,1-4H3. The zero-order valence-corrected chi connectivity index (χ0v) is 12.5. The summed E-state index contributed by atoms with van der Waals surface area (Å²) in [5.74, 6) is 1.41. The predicted molar refractivity (Wildman–Crippen MR) is 77.5 cm³/mol. The summed E-state index contributed by atoms with van der Waals surface area (Å²) in [4.78, 5) is 13.6. The minimum atomic E-state index is -0.123. The van der Waals surface area contributed by atoms with Crippen LogP contribution in [0.3, 0.4) is 0 Å². The fraction of sp³-hybridized carbons (Fsp3) is 0.500. The number of carbonyl (C=O) groups is 1. The van der Waals surface area contributed by atoms with Crippen molar-refractivity contribution >= 4 is 23.2 Å². The molecule has 0 bridgehead atoms. The van der Waals surface area contributed by atoms with Crippen LogP contribution < -0.4 is 14.4 Å². The molecule has 0 spiro atoms. The molecule has 0 unspecified atom stereocenters. The van der Waals surface area contributed by atoms with Gasteiger partial charge >= 0.3 is 0 Å². The highest BCUT2D eigenvalue weighted by Crippen LogP contribution is 2.31. The number of nitrogens with zero attached hydrogens (tertiary/aromatic N) is 1. The Morgan fingerprint density at radius 2 is 1.89 bits per heavy atom. The van der Waals surface area contributed by atoms with E-state index < -0.39 is 0 Å². The molecule has 0 saturated heterocycles. The SMILES string of the molecule is COc1ccc(N(CC(C)C)C(=O)CCl)cc1OC. The number of carbonyl (C=O) groups excluding carboxylic acids is 1. The topological polar surface area (TPSA) is 38.8 Å². The number of rotatable bonds is 6. The van der Waals surface area contributed by atoms with Crippen LogP contribution in [0.1, 0.15) is 13.8 Å². The van der Waals surface area contributed by atoms with Gasteiger partial charge in [0.1, 0.15) is 5.88 Å². The molecule has 1 rings (SSSR count). The largest absolute Gasteiger partial charge is 0.493 e. The summed E-state index contributed by atoms with van der Waals surface area (Å²) in [6.07, 6.45) is 0. The molecule has 0 saturated carbocycles. The Morgan fingerprint density at radius 3 is 2.37 bits per heavy atom. The predicted octanol–water partition coefficient (Wildman–Crippen LogP) is 2.93. The van der Waals surface area contributed by atoms with Crippen molar-refractivity contribution in [3.8, 4) is 11.5 Å². The van der Waals surface area contributed by atoms with Gasteiger partial charge in [0.15, 0.2) is 11.5 Å². The fourth-order valence-electron chi connectivity index (χ4n) is 1.78. The van der Waals surface area contributed by atoms with E-state index in [9.17, 15) is 4.79 Å². The number of hydrogen-bond acceptors (Lipinski definition) is 3. The molecule has 0 atom stereocenters. The molecule has 1 amide bonds. The molecule has 0 heterocycles. The Kier molecular flexibility index (Phi) is 5.96. The average molecular weight is 286 g/mol. The fourth-order valence-corrected chi connectivity index (χ4v) is 1.93. The molecular weight excluding hydrogens is 266 g/mol.